The summed E-state index contributed by atoms with van der Waals surface area (Å²) in [5, 5.41) is 0. The Morgan fingerprint density at radius 2 is 2.12 bits per heavy atom. The number of benzene rings is 1. The van der Waals surface area contributed by atoms with E-state index in [0.29, 0.717) is 5.69 Å². The van der Waals surface area contributed by atoms with Crippen LogP contribution in [0.2, 0.25) is 0 Å². The smallest absolute Gasteiger partial charge is 0.125 e. The van der Waals surface area contributed by atoms with Gasteiger partial charge in [0.1, 0.15) is 11.7 Å². The van der Waals surface area contributed by atoms with Crippen LogP contribution in [0.3, 0.4) is 0 Å². The van der Waals surface area contributed by atoms with Gasteiger partial charge < -0.3 is 4.90 Å². The maximum atomic E-state index is 13.0. The number of hydrogen-bond acceptors (Lipinski definition) is 1. The van der Waals surface area contributed by atoms with Crippen LogP contribution in [0.4, 0.5) is 10.1 Å². The van der Waals surface area contributed by atoms with Gasteiger partial charge in [-0.3, -0.25) is 0 Å². The molecule has 16 heavy (non-hydrogen) atoms. The lowest BCUT2D eigenvalue weighted by molar-refractivity contribution is 0.494. The van der Waals surface area contributed by atoms with Crippen molar-refractivity contribution in [3.63, 3.8) is 0 Å². The molecule has 0 saturated carbocycles. The molecular formula is C13H17FN2. The van der Waals surface area contributed by atoms with Crippen molar-refractivity contribution < 1.29 is 4.39 Å². The van der Waals surface area contributed by atoms with Crippen LogP contribution in [-0.4, -0.2) is 24.3 Å². The largest absolute Gasteiger partial charge is 0.363 e. The van der Waals surface area contributed by atoms with Crippen LogP contribution < -0.4 is 0 Å². The summed E-state index contributed by atoms with van der Waals surface area (Å²) >= 11 is 0. The molecule has 0 N–H and O–H groups in total. The van der Waals surface area contributed by atoms with E-state index < -0.39 is 0 Å². The fourth-order valence-electron chi connectivity index (χ4n) is 1.96. The predicted octanol–water partition coefficient (Wildman–Crippen LogP) is 3.36. The first-order valence-corrected chi connectivity index (χ1v) is 5.80. The summed E-state index contributed by atoms with van der Waals surface area (Å²) in [6, 6.07) is 6.46. The highest BCUT2D eigenvalue weighted by atomic mass is 19.1. The molecule has 0 unspecified atom stereocenters. The van der Waals surface area contributed by atoms with Gasteiger partial charge in [-0.2, -0.15) is 0 Å². The lowest BCUT2D eigenvalue weighted by atomic mass is 10.2. The van der Waals surface area contributed by atoms with Crippen molar-refractivity contribution in [2.45, 2.75) is 25.7 Å². The first-order valence-electron chi connectivity index (χ1n) is 5.80. The average molecular weight is 220 g/mol. The summed E-state index contributed by atoms with van der Waals surface area (Å²) in [7, 11) is 2.06. The lowest BCUT2D eigenvalue weighted by Gasteiger charge is -2.17. The molecule has 1 saturated heterocycles. The SMILES string of the molecule is CN1CCCCCC1=Nc1cccc(F)c1. The molecule has 0 spiro atoms. The van der Waals surface area contributed by atoms with Crippen molar-refractivity contribution in [1.29, 1.82) is 0 Å². The zero-order chi connectivity index (χ0) is 11.4. The quantitative estimate of drug-likeness (QED) is 0.708. The second-order valence-corrected chi connectivity index (χ2v) is 4.24. The number of hydrogen-bond donors (Lipinski definition) is 0. The van der Waals surface area contributed by atoms with Gasteiger partial charge in [0.05, 0.1) is 5.69 Å². The molecule has 2 nitrogen and oxygen atoms in total. The topological polar surface area (TPSA) is 15.6 Å². The van der Waals surface area contributed by atoms with Gasteiger partial charge in [-0.1, -0.05) is 12.5 Å². The Bertz CT molecular complexity index is 387. The zero-order valence-electron chi connectivity index (χ0n) is 9.62. The minimum Gasteiger partial charge on any atom is -0.363 e. The Hall–Kier alpha value is -1.38. The molecule has 0 atom stereocenters. The van der Waals surface area contributed by atoms with E-state index in [2.05, 4.69) is 16.9 Å². The van der Waals surface area contributed by atoms with E-state index in [4.69, 9.17) is 0 Å². The number of rotatable bonds is 1. The van der Waals surface area contributed by atoms with Gasteiger partial charge in [0.15, 0.2) is 0 Å². The molecular weight excluding hydrogens is 203 g/mol. The molecule has 1 heterocycles. The summed E-state index contributed by atoms with van der Waals surface area (Å²) in [4.78, 5) is 6.70. The number of nitrogens with zero attached hydrogens (tertiary/aromatic N) is 2. The highest BCUT2D eigenvalue weighted by molar-refractivity contribution is 5.84. The number of halogens is 1. The van der Waals surface area contributed by atoms with E-state index in [1.807, 2.05) is 6.07 Å². The van der Waals surface area contributed by atoms with Crippen molar-refractivity contribution in [3.8, 4) is 0 Å². The van der Waals surface area contributed by atoms with Crippen molar-refractivity contribution in [2.24, 2.45) is 4.99 Å². The summed E-state index contributed by atoms with van der Waals surface area (Å²) in [6.07, 6.45) is 4.65. The van der Waals surface area contributed by atoms with Crippen LogP contribution in [0.25, 0.3) is 0 Å². The van der Waals surface area contributed by atoms with E-state index in [0.717, 1.165) is 18.8 Å². The van der Waals surface area contributed by atoms with Crippen molar-refractivity contribution in [1.82, 2.24) is 4.90 Å². The minimum absolute atomic E-state index is 0.224. The summed E-state index contributed by atoms with van der Waals surface area (Å²) in [6.45, 7) is 1.05. The van der Waals surface area contributed by atoms with E-state index in [1.54, 1.807) is 6.07 Å². The Balaban J connectivity index is 2.21. The van der Waals surface area contributed by atoms with Crippen LogP contribution in [0.1, 0.15) is 25.7 Å². The maximum absolute atomic E-state index is 13.0. The highest BCUT2D eigenvalue weighted by Gasteiger charge is 2.10. The third kappa shape index (κ3) is 2.81. The summed E-state index contributed by atoms with van der Waals surface area (Å²) in [5.41, 5.74) is 0.712. The molecule has 86 valence electrons. The maximum Gasteiger partial charge on any atom is 0.125 e. The van der Waals surface area contributed by atoms with Crippen LogP contribution in [0.15, 0.2) is 29.3 Å². The van der Waals surface area contributed by atoms with Gasteiger partial charge >= 0.3 is 0 Å². The highest BCUT2D eigenvalue weighted by Crippen LogP contribution is 2.17. The molecule has 0 bridgehead atoms. The molecule has 0 aromatic heterocycles. The van der Waals surface area contributed by atoms with E-state index in [1.165, 1.54) is 31.4 Å². The second kappa shape index (κ2) is 5.10. The monoisotopic (exact) mass is 220 g/mol. The molecule has 1 aromatic rings. The van der Waals surface area contributed by atoms with Gasteiger partial charge in [-0.05, 0) is 31.0 Å². The molecule has 2 rings (SSSR count). The zero-order valence-corrected chi connectivity index (χ0v) is 9.62. The second-order valence-electron chi connectivity index (χ2n) is 4.24. The van der Waals surface area contributed by atoms with Crippen molar-refractivity contribution in [2.75, 3.05) is 13.6 Å². The molecule has 1 aliphatic heterocycles. The van der Waals surface area contributed by atoms with Crippen LogP contribution >= 0.6 is 0 Å². The predicted molar refractivity (Wildman–Crippen MR) is 64.6 cm³/mol. The van der Waals surface area contributed by atoms with Gasteiger partial charge in [-0.25, -0.2) is 9.38 Å². The van der Waals surface area contributed by atoms with E-state index in [-0.39, 0.29) is 5.82 Å². The molecule has 0 aliphatic carbocycles. The van der Waals surface area contributed by atoms with Gasteiger partial charge in [0.25, 0.3) is 0 Å². The van der Waals surface area contributed by atoms with Crippen LogP contribution in [0, 0.1) is 5.82 Å². The van der Waals surface area contributed by atoms with Crippen molar-refractivity contribution in [3.05, 3.63) is 30.1 Å². The number of likely N-dealkylation sites (tertiary alicyclic amines) is 1. The lowest BCUT2D eigenvalue weighted by Crippen LogP contribution is -2.25. The van der Waals surface area contributed by atoms with Gasteiger partial charge in [-0.15, -0.1) is 0 Å². The third-order valence-electron chi connectivity index (χ3n) is 2.90. The normalized spacial score (nSPS) is 19.9. The summed E-state index contributed by atoms with van der Waals surface area (Å²) in [5.74, 6) is 0.848. The number of aliphatic imine (C=N–C) groups is 1. The summed E-state index contributed by atoms with van der Waals surface area (Å²) < 4.78 is 13.0. The Labute approximate surface area is 95.8 Å². The fraction of sp³-hybridized carbons (Fsp3) is 0.462. The molecule has 1 aliphatic rings. The van der Waals surface area contributed by atoms with E-state index >= 15 is 0 Å². The van der Waals surface area contributed by atoms with Gasteiger partial charge in [0.2, 0.25) is 0 Å². The van der Waals surface area contributed by atoms with Gasteiger partial charge in [0, 0.05) is 20.0 Å². The van der Waals surface area contributed by atoms with Crippen LogP contribution in [0.5, 0.6) is 0 Å². The Kier molecular flexibility index (Phi) is 3.54. The first-order chi connectivity index (χ1) is 7.75. The Morgan fingerprint density at radius 3 is 2.94 bits per heavy atom. The van der Waals surface area contributed by atoms with Crippen molar-refractivity contribution >= 4 is 11.5 Å². The first kappa shape index (κ1) is 11.1. The molecule has 1 aromatic carbocycles. The number of amidine groups is 1. The fourth-order valence-corrected chi connectivity index (χ4v) is 1.96. The molecule has 1 fully saturated rings. The molecule has 3 heteroatoms. The minimum atomic E-state index is -0.224. The molecule has 0 radical (unpaired) electrons. The van der Waals surface area contributed by atoms with E-state index in [9.17, 15) is 4.39 Å². The van der Waals surface area contributed by atoms with Crippen LogP contribution in [-0.2, 0) is 0 Å². The Morgan fingerprint density at radius 1 is 1.25 bits per heavy atom. The molecule has 0 amide bonds. The average Bonchev–Trinajstić information content (AvgIpc) is 2.45. The standard InChI is InChI=1S/C13H17FN2/c1-16-9-4-2-3-8-13(16)15-12-7-5-6-11(14)10-12/h5-7,10H,2-4,8-9H2,1H3. The third-order valence-corrected chi connectivity index (χ3v) is 2.90.